The van der Waals surface area contributed by atoms with Gasteiger partial charge in [-0.15, -0.1) is 0 Å². The highest BCUT2D eigenvalue weighted by atomic mass is 32.2. The number of hydrogen-bond acceptors (Lipinski definition) is 5. The van der Waals surface area contributed by atoms with Gasteiger partial charge in [-0.1, -0.05) is 19.3 Å². The van der Waals surface area contributed by atoms with Crippen LogP contribution in [0.2, 0.25) is 0 Å². The van der Waals surface area contributed by atoms with E-state index in [1.54, 1.807) is 0 Å². The maximum atomic E-state index is 12.8. The first-order valence-corrected chi connectivity index (χ1v) is 9.07. The first-order valence-electron chi connectivity index (χ1n) is 7.25. The normalized spacial score (nSPS) is 31.5. The number of hydrogen-bond donors (Lipinski definition) is 1. The van der Waals surface area contributed by atoms with E-state index in [-0.39, 0.29) is 17.9 Å². The fourth-order valence-electron chi connectivity index (χ4n) is 3.60. The van der Waals surface area contributed by atoms with Crippen molar-refractivity contribution in [2.75, 3.05) is 11.5 Å². The third-order valence-electron chi connectivity index (χ3n) is 4.78. The number of barbiturate groups is 1. The summed E-state index contributed by atoms with van der Waals surface area (Å²) in [5, 5.41) is 2.26. The van der Waals surface area contributed by atoms with Crippen molar-refractivity contribution in [3.8, 4) is 0 Å². The van der Waals surface area contributed by atoms with E-state index < -0.39 is 39.1 Å². The lowest BCUT2D eigenvalue weighted by molar-refractivity contribution is -0.155. The summed E-state index contributed by atoms with van der Waals surface area (Å²) in [7, 11) is -3.21. The van der Waals surface area contributed by atoms with Crippen LogP contribution < -0.4 is 5.32 Å². The van der Waals surface area contributed by atoms with E-state index in [2.05, 4.69) is 5.32 Å². The van der Waals surface area contributed by atoms with E-state index >= 15 is 0 Å². The predicted molar refractivity (Wildman–Crippen MR) is 73.0 cm³/mol. The van der Waals surface area contributed by atoms with Crippen LogP contribution in [0.25, 0.3) is 0 Å². The summed E-state index contributed by atoms with van der Waals surface area (Å²) < 4.78 is 23.2. The van der Waals surface area contributed by atoms with Gasteiger partial charge in [0.15, 0.2) is 9.84 Å². The van der Waals surface area contributed by atoms with E-state index in [1.165, 1.54) is 0 Å². The number of nitrogens with zero attached hydrogens (tertiary/aromatic N) is 1. The molecule has 0 aromatic carbocycles. The molecule has 21 heavy (non-hydrogen) atoms. The van der Waals surface area contributed by atoms with Crippen molar-refractivity contribution in [1.29, 1.82) is 0 Å². The van der Waals surface area contributed by atoms with E-state index in [0.29, 0.717) is 12.8 Å². The molecule has 116 valence electrons. The highest BCUT2D eigenvalue weighted by molar-refractivity contribution is 7.91. The van der Waals surface area contributed by atoms with Crippen molar-refractivity contribution >= 4 is 27.7 Å². The number of rotatable bonds is 1. The van der Waals surface area contributed by atoms with Gasteiger partial charge in [-0.05, 0) is 19.3 Å². The molecule has 3 fully saturated rings. The summed E-state index contributed by atoms with van der Waals surface area (Å²) in [6.45, 7) is 0. The Bertz CT molecular complexity index is 606. The van der Waals surface area contributed by atoms with Crippen LogP contribution >= 0.6 is 0 Å². The van der Waals surface area contributed by atoms with Crippen LogP contribution in [-0.2, 0) is 19.4 Å². The summed E-state index contributed by atoms with van der Waals surface area (Å²) in [6.07, 6.45) is 3.62. The van der Waals surface area contributed by atoms with E-state index in [0.717, 1.165) is 24.2 Å². The number of nitrogens with one attached hydrogen (secondary N) is 1. The molecule has 7 nitrogen and oxygen atoms in total. The van der Waals surface area contributed by atoms with Gasteiger partial charge in [0.25, 0.3) is 0 Å². The molecule has 1 aliphatic carbocycles. The summed E-state index contributed by atoms with van der Waals surface area (Å²) >= 11 is 0. The number of carbonyl (C=O) groups excluding carboxylic acids is 3. The largest absolute Gasteiger partial charge is 0.331 e. The average Bonchev–Trinajstić information content (AvgIpc) is 2.78. The first kappa shape index (κ1) is 14.5. The molecule has 2 saturated heterocycles. The second-order valence-corrected chi connectivity index (χ2v) is 8.36. The van der Waals surface area contributed by atoms with E-state index in [1.807, 2.05) is 0 Å². The molecule has 2 heterocycles. The fourth-order valence-corrected chi connectivity index (χ4v) is 5.30. The lowest BCUT2D eigenvalue weighted by Crippen LogP contribution is -2.66. The summed E-state index contributed by atoms with van der Waals surface area (Å²) in [5.41, 5.74) is -1.17. The van der Waals surface area contributed by atoms with Crippen molar-refractivity contribution in [1.82, 2.24) is 10.2 Å². The summed E-state index contributed by atoms with van der Waals surface area (Å²) in [4.78, 5) is 38.0. The zero-order chi connectivity index (χ0) is 15.3. The van der Waals surface area contributed by atoms with E-state index in [4.69, 9.17) is 0 Å². The van der Waals surface area contributed by atoms with Crippen LogP contribution in [0, 0.1) is 5.41 Å². The van der Waals surface area contributed by atoms with Gasteiger partial charge in [-0.2, -0.15) is 0 Å². The summed E-state index contributed by atoms with van der Waals surface area (Å²) in [5.74, 6) is -1.24. The second kappa shape index (κ2) is 4.79. The monoisotopic (exact) mass is 314 g/mol. The number of imide groups is 2. The standard InChI is InChI=1S/C13H18N2O5S/c16-10-13(5-2-1-3-6-13)11(17)15(12(18)14-10)9-4-7-21(19,20)8-9/h9H,1-8H2,(H,14,16,18). The third-order valence-corrected chi connectivity index (χ3v) is 6.53. The van der Waals surface area contributed by atoms with Gasteiger partial charge >= 0.3 is 6.03 Å². The number of urea groups is 1. The molecule has 0 aromatic heterocycles. The third kappa shape index (κ3) is 2.25. The molecule has 1 saturated carbocycles. The topological polar surface area (TPSA) is 101 Å². The summed E-state index contributed by atoms with van der Waals surface area (Å²) in [6, 6.07) is -1.42. The molecule has 3 rings (SSSR count). The van der Waals surface area contributed by atoms with Gasteiger partial charge in [0.1, 0.15) is 5.41 Å². The quantitative estimate of drug-likeness (QED) is 0.697. The van der Waals surface area contributed by atoms with Crippen LogP contribution in [0.4, 0.5) is 4.79 Å². The molecular formula is C13H18N2O5S. The number of sulfone groups is 1. The zero-order valence-corrected chi connectivity index (χ0v) is 12.4. The van der Waals surface area contributed by atoms with Crippen LogP contribution in [0.5, 0.6) is 0 Å². The minimum Gasteiger partial charge on any atom is -0.277 e. The fraction of sp³-hybridized carbons (Fsp3) is 0.769. The van der Waals surface area contributed by atoms with Gasteiger partial charge in [-0.3, -0.25) is 19.8 Å². The molecule has 1 spiro atoms. The number of carbonyl (C=O) groups is 3. The van der Waals surface area contributed by atoms with Crippen molar-refractivity contribution in [3.05, 3.63) is 0 Å². The zero-order valence-electron chi connectivity index (χ0n) is 11.6. The lowest BCUT2D eigenvalue weighted by Gasteiger charge is -2.43. The van der Waals surface area contributed by atoms with Gasteiger partial charge in [-0.25, -0.2) is 13.2 Å². The highest BCUT2D eigenvalue weighted by Crippen LogP contribution is 2.41. The first-order chi connectivity index (χ1) is 9.86. The molecule has 1 N–H and O–H groups in total. The molecule has 8 heteroatoms. The van der Waals surface area contributed by atoms with Crippen LogP contribution in [0.15, 0.2) is 0 Å². The van der Waals surface area contributed by atoms with Gasteiger partial charge < -0.3 is 0 Å². The van der Waals surface area contributed by atoms with Gasteiger partial charge in [0.2, 0.25) is 11.8 Å². The Kier molecular flexibility index (Phi) is 3.31. The SMILES string of the molecule is O=C1NC(=O)C2(CCCCC2)C(=O)N1C1CCS(=O)(=O)C1. The molecule has 0 aromatic rings. The molecule has 0 radical (unpaired) electrons. The highest BCUT2D eigenvalue weighted by Gasteiger charge is 2.56. The van der Waals surface area contributed by atoms with Gasteiger partial charge in [0, 0.05) is 0 Å². The second-order valence-electron chi connectivity index (χ2n) is 6.13. The minimum atomic E-state index is -3.21. The molecule has 0 bridgehead atoms. The predicted octanol–water partition coefficient (Wildman–Crippen LogP) is 0.202. The van der Waals surface area contributed by atoms with Gasteiger partial charge in [0.05, 0.1) is 17.5 Å². The van der Waals surface area contributed by atoms with Crippen LogP contribution in [-0.4, -0.2) is 48.7 Å². The maximum Gasteiger partial charge on any atom is 0.331 e. The van der Waals surface area contributed by atoms with Crippen molar-refractivity contribution < 1.29 is 22.8 Å². The maximum absolute atomic E-state index is 12.8. The molecule has 4 amide bonds. The molecule has 3 aliphatic rings. The lowest BCUT2D eigenvalue weighted by atomic mass is 9.71. The Labute approximate surface area is 123 Å². The molecule has 1 unspecified atom stereocenters. The average molecular weight is 314 g/mol. The Morgan fingerprint density at radius 2 is 1.76 bits per heavy atom. The molecule has 2 aliphatic heterocycles. The van der Waals surface area contributed by atoms with Crippen molar-refractivity contribution in [3.63, 3.8) is 0 Å². The Balaban J connectivity index is 1.92. The van der Waals surface area contributed by atoms with Crippen molar-refractivity contribution in [2.24, 2.45) is 5.41 Å². The molecular weight excluding hydrogens is 296 g/mol. The minimum absolute atomic E-state index is 0.0182. The Hall–Kier alpha value is -1.44. The number of amides is 4. The molecule has 1 atom stereocenters. The Morgan fingerprint density at radius 1 is 1.10 bits per heavy atom. The smallest absolute Gasteiger partial charge is 0.277 e. The Morgan fingerprint density at radius 3 is 2.33 bits per heavy atom. The van der Waals surface area contributed by atoms with Crippen LogP contribution in [0.1, 0.15) is 38.5 Å². The van der Waals surface area contributed by atoms with Crippen molar-refractivity contribution in [2.45, 2.75) is 44.6 Å². The van der Waals surface area contributed by atoms with Crippen LogP contribution in [0.3, 0.4) is 0 Å². The van der Waals surface area contributed by atoms with E-state index in [9.17, 15) is 22.8 Å².